The maximum absolute atomic E-state index is 12.1. The number of amides is 2. The number of likely N-dealkylation sites (tertiary alicyclic amines) is 1. The van der Waals surface area contributed by atoms with E-state index in [2.05, 4.69) is 5.32 Å². The zero-order chi connectivity index (χ0) is 15.4. The number of carbonyl (C=O) groups excluding carboxylic acids is 2. The molecular weight excluding hydrogens is 268 g/mol. The minimum absolute atomic E-state index is 0.217. The number of aryl methyl sites for hydroxylation is 1. The fraction of sp³-hybridized carbons (Fsp3) is 0.500. The molecule has 5 heteroatoms. The van der Waals surface area contributed by atoms with Crippen molar-refractivity contribution < 1.29 is 14.7 Å². The minimum Gasteiger partial charge on any atom is -0.393 e. The molecule has 0 saturated carbocycles. The molecule has 2 N–H and O–H groups in total. The average molecular weight is 290 g/mol. The monoisotopic (exact) mass is 290 g/mol. The zero-order valence-electron chi connectivity index (χ0n) is 12.5. The van der Waals surface area contributed by atoms with Crippen LogP contribution in [0.2, 0.25) is 0 Å². The van der Waals surface area contributed by atoms with Gasteiger partial charge in [-0.2, -0.15) is 0 Å². The second-order valence-corrected chi connectivity index (χ2v) is 5.69. The van der Waals surface area contributed by atoms with E-state index in [1.165, 1.54) is 0 Å². The quantitative estimate of drug-likeness (QED) is 0.812. The summed E-state index contributed by atoms with van der Waals surface area (Å²) in [7, 11) is 0. The number of aliphatic hydroxyl groups excluding tert-OH is 1. The Labute approximate surface area is 125 Å². The molecule has 2 amide bonds. The SMILES string of the molecule is Cc1ccc(NC(=O)C(=O)N2CCC(C(C)O)CC2)cc1. The summed E-state index contributed by atoms with van der Waals surface area (Å²) in [6, 6.07) is 7.32. The van der Waals surface area contributed by atoms with E-state index in [1.54, 1.807) is 24.0 Å². The molecule has 0 aromatic heterocycles. The van der Waals surface area contributed by atoms with Gasteiger partial charge in [-0.05, 0) is 44.7 Å². The molecule has 1 aliphatic rings. The third-order valence-electron chi connectivity index (χ3n) is 4.01. The van der Waals surface area contributed by atoms with Crippen LogP contribution in [0.25, 0.3) is 0 Å². The molecule has 2 rings (SSSR count). The molecule has 1 unspecified atom stereocenters. The van der Waals surface area contributed by atoms with Gasteiger partial charge in [0.25, 0.3) is 0 Å². The van der Waals surface area contributed by atoms with Gasteiger partial charge >= 0.3 is 11.8 Å². The molecule has 1 heterocycles. The molecule has 1 aromatic rings. The fourth-order valence-corrected chi connectivity index (χ4v) is 2.55. The van der Waals surface area contributed by atoms with Crippen LogP contribution in [-0.4, -0.2) is 41.0 Å². The fourth-order valence-electron chi connectivity index (χ4n) is 2.55. The van der Waals surface area contributed by atoms with Gasteiger partial charge in [0, 0.05) is 18.8 Å². The first-order valence-corrected chi connectivity index (χ1v) is 7.32. The standard InChI is InChI=1S/C16H22N2O3/c1-11-3-5-14(6-4-11)17-15(20)16(21)18-9-7-13(8-10-18)12(2)19/h3-6,12-13,19H,7-10H2,1-2H3,(H,17,20). The third kappa shape index (κ3) is 4.04. The van der Waals surface area contributed by atoms with Crippen LogP contribution in [0.15, 0.2) is 24.3 Å². The van der Waals surface area contributed by atoms with Crippen molar-refractivity contribution in [2.75, 3.05) is 18.4 Å². The van der Waals surface area contributed by atoms with Gasteiger partial charge in [0.2, 0.25) is 0 Å². The van der Waals surface area contributed by atoms with Crippen molar-refractivity contribution in [3.05, 3.63) is 29.8 Å². The van der Waals surface area contributed by atoms with Gasteiger partial charge in [0.1, 0.15) is 0 Å². The summed E-state index contributed by atoms with van der Waals surface area (Å²) >= 11 is 0. The molecular formula is C16H22N2O3. The summed E-state index contributed by atoms with van der Waals surface area (Å²) in [5.74, 6) is -0.886. The highest BCUT2D eigenvalue weighted by Crippen LogP contribution is 2.20. The number of nitrogens with one attached hydrogen (secondary N) is 1. The summed E-state index contributed by atoms with van der Waals surface area (Å²) in [4.78, 5) is 25.6. The predicted octanol–water partition coefficient (Wildman–Crippen LogP) is 1.55. The molecule has 0 aliphatic carbocycles. The second-order valence-electron chi connectivity index (χ2n) is 5.69. The Kier molecular flexibility index (Phi) is 4.96. The number of piperidine rings is 1. The van der Waals surface area contributed by atoms with Crippen LogP contribution < -0.4 is 5.32 Å². The van der Waals surface area contributed by atoms with Crippen LogP contribution in [0, 0.1) is 12.8 Å². The second kappa shape index (κ2) is 6.72. The van der Waals surface area contributed by atoms with Gasteiger partial charge in [0.05, 0.1) is 6.10 Å². The van der Waals surface area contributed by atoms with Crippen molar-refractivity contribution >= 4 is 17.5 Å². The lowest BCUT2D eigenvalue weighted by molar-refractivity contribution is -0.144. The van der Waals surface area contributed by atoms with Crippen LogP contribution in [0.5, 0.6) is 0 Å². The predicted molar refractivity (Wildman–Crippen MR) is 80.8 cm³/mol. The number of hydrogen-bond acceptors (Lipinski definition) is 3. The Morgan fingerprint density at radius 3 is 2.33 bits per heavy atom. The maximum atomic E-state index is 12.1. The van der Waals surface area contributed by atoms with Crippen LogP contribution >= 0.6 is 0 Å². The van der Waals surface area contributed by atoms with Crippen molar-refractivity contribution in [3.8, 4) is 0 Å². The first kappa shape index (κ1) is 15.5. The van der Waals surface area contributed by atoms with Gasteiger partial charge in [-0.25, -0.2) is 0 Å². The highest BCUT2D eigenvalue weighted by atomic mass is 16.3. The Bertz CT molecular complexity index is 503. The summed E-state index contributed by atoms with van der Waals surface area (Å²) in [5.41, 5.74) is 1.72. The van der Waals surface area contributed by atoms with Gasteiger partial charge < -0.3 is 15.3 Å². The van der Waals surface area contributed by atoms with E-state index < -0.39 is 11.8 Å². The number of aliphatic hydroxyl groups is 1. The Hall–Kier alpha value is -1.88. The molecule has 0 radical (unpaired) electrons. The Morgan fingerprint density at radius 2 is 1.81 bits per heavy atom. The van der Waals surface area contributed by atoms with Crippen molar-refractivity contribution in [1.82, 2.24) is 4.90 Å². The van der Waals surface area contributed by atoms with E-state index in [4.69, 9.17) is 0 Å². The van der Waals surface area contributed by atoms with Gasteiger partial charge in [0.15, 0.2) is 0 Å². The lowest BCUT2D eigenvalue weighted by Crippen LogP contribution is -2.45. The summed E-state index contributed by atoms with van der Waals surface area (Å²) in [6.45, 7) is 4.78. The highest BCUT2D eigenvalue weighted by Gasteiger charge is 2.28. The average Bonchev–Trinajstić information content (AvgIpc) is 2.49. The molecule has 1 atom stereocenters. The third-order valence-corrected chi connectivity index (χ3v) is 4.01. The lowest BCUT2D eigenvalue weighted by atomic mass is 9.92. The van der Waals surface area contributed by atoms with Crippen molar-refractivity contribution in [1.29, 1.82) is 0 Å². The molecule has 1 aromatic carbocycles. The number of hydrogen-bond donors (Lipinski definition) is 2. The minimum atomic E-state index is -0.602. The van der Waals surface area contributed by atoms with E-state index in [9.17, 15) is 14.7 Å². The molecule has 114 valence electrons. The normalized spacial score (nSPS) is 17.4. The summed E-state index contributed by atoms with van der Waals surface area (Å²) in [5, 5.41) is 12.2. The number of anilines is 1. The van der Waals surface area contributed by atoms with Crippen LogP contribution in [0.3, 0.4) is 0 Å². The number of rotatable bonds is 2. The molecule has 21 heavy (non-hydrogen) atoms. The number of nitrogens with zero attached hydrogens (tertiary/aromatic N) is 1. The van der Waals surface area contributed by atoms with E-state index >= 15 is 0 Å². The molecule has 5 nitrogen and oxygen atoms in total. The largest absolute Gasteiger partial charge is 0.393 e. The number of carbonyl (C=O) groups is 2. The molecule has 1 fully saturated rings. The van der Waals surface area contributed by atoms with E-state index in [1.807, 2.05) is 19.1 Å². The first-order valence-electron chi connectivity index (χ1n) is 7.32. The van der Waals surface area contributed by atoms with Crippen LogP contribution in [-0.2, 0) is 9.59 Å². The smallest absolute Gasteiger partial charge is 0.313 e. The maximum Gasteiger partial charge on any atom is 0.313 e. The highest BCUT2D eigenvalue weighted by molar-refractivity contribution is 6.39. The zero-order valence-corrected chi connectivity index (χ0v) is 12.5. The van der Waals surface area contributed by atoms with Gasteiger partial charge in [-0.1, -0.05) is 17.7 Å². The Morgan fingerprint density at radius 1 is 1.24 bits per heavy atom. The Balaban J connectivity index is 1.88. The molecule has 1 aliphatic heterocycles. The molecule has 0 spiro atoms. The van der Waals surface area contributed by atoms with Crippen LogP contribution in [0.1, 0.15) is 25.3 Å². The van der Waals surface area contributed by atoms with Crippen molar-refractivity contribution in [3.63, 3.8) is 0 Å². The van der Waals surface area contributed by atoms with Crippen LogP contribution in [0.4, 0.5) is 5.69 Å². The first-order chi connectivity index (χ1) is 9.97. The number of benzene rings is 1. The van der Waals surface area contributed by atoms with E-state index in [0.717, 1.165) is 18.4 Å². The topological polar surface area (TPSA) is 69.6 Å². The summed E-state index contributed by atoms with van der Waals surface area (Å²) in [6.07, 6.45) is 1.12. The van der Waals surface area contributed by atoms with Gasteiger partial charge in [-0.3, -0.25) is 9.59 Å². The molecule has 1 saturated heterocycles. The van der Waals surface area contributed by atoms with E-state index in [-0.39, 0.29) is 12.0 Å². The summed E-state index contributed by atoms with van der Waals surface area (Å²) < 4.78 is 0. The van der Waals surface area contributed by atoms with E-state index in [0.29, 0.717) is 18.8 Å². The lowest BCUT2D eigenvalue weighted by Gasteiger charge is -2.32. The van der Waals surface area contributed by atoms with Crippen molar-refractivity contribution in [2.45, 2.75) is 32.8 Å². The molecule has 0 bridgehead atoms. The van der Waals surface area contributed by atoms with Crippen molar-refractivity contribution in [2.24, 2.45) is 5.92 Å². The van der Waals surface area contributed by atoms with Gasteiger partial charge in [-0.15, -0.1) is 0 Å².